The number of amides is 1. The third-order valence-corrected chi connectivity index (χ3v) is 4.02. The topological polar surface area (TPSA) is 59.8 Å². The molecular weight excluding hydrogens is 324 g/mol. The van der Waals surface area contributed by atoms with Gasteiger partial charge in [-0.1, -0.05) is 48.5 Å². The Morgan fingerprint density at radius 3 is 2.23 bits per heavy atom. The van der Waals surface area contributed by atoms with Crippen molar-refractivity contribution in [3.05, 3.63) is 97.2 Å². The smallest absolute Gasteiger partial charge is 0.275 e. The summed E-state index contributed by atoms with van der Waals surface area (Å²) in [5.74, 6) is 0.238. The Hall–Kier alpha value is -3.73. The van der Waals surface area contributed by atoms with E-state index in [-0.39, 0.29) is 5.91 Å². The number of rotatable bonds is 4. The molecule has 0 spiro atoms. The van der Waals surface area contributed by atoms with Gasteiger partial charge in [0.05, 0.1) is 12.5 Å². The first-order valence-electron chi connectivity index (χ1n) is 8.22. The van der Waals surface area contributed by atoms with Crippen LogP contribution in [-0.2, 0) is 0 Å². The summed E-state index contributed by atoms with van der Waals surface area (Å²) in [7, 11) is 0. The van der Waals surface area contributed by atoms with Crippen LogP contribution >= 0.6 is 0 Å². The number of carbonyl (C=O) groups is 1. The van der Waals surface area contributed by atoms with Gasteiger partial charge in [0.1, 0.15) is 11.5 Å². The van der Waals surface area contributed by atoms with Crippen molar-refractivity contribution >= 4 is 11.7 Å². The van der Waals surface area contributed by atoms with E-state index in [1.54, 1.807) is 29.4 Å². The molecule has 4 rings (SSSR count). The van der Waals surface area contributed by atoms with Gasteiger partial charge in [-0.25, -0.2) is 9.97 Å². The molecule has 126 valence electrons. The number of aromatic nitrogens is 3. The summed E-state index contributed by atoms with van der Waals surface area (Å²) in [6, 6.07) is 23.3. The third kappa shape index (κ3) is 3.23. The molecule has 0 aliphatic heterocycles. The van der Waals surface area contributed by atoms with E-state index in [2.05, 4.69) is 15.3 Å². The van der Waals surface area contributed by atoms with Gasteiger partial charge in [0.15, 0.2) is 0 Å². The van der Waals surface area contributed by atoms with Gasteiger partial charge in [-0.15, -0.1) is 0 Å². The molecule has 5 nitrogen and oxygen atoms in total. The number of anilines is 1. The monoisotopic (exact) mass is 340 g/mol. The fourth-order valence-electron chi connectivity index (χ4n) is 2.71. The van der Waals surface area contributed by atoms with Crippen molar-refractivity contribution in [2.45, 2.75) is 0 Å². The van der Waals surface area contributed by atoms with Gasteiger partial charge >= 0.3 is 0 Å². The quantitative estimate of drug-likeness (QED) is 0.606. The Bertz CT molecular complexity index is 1010. The normalized spacial score (nSPS) is 10.5. The van der Waals surface area contributed by atoms with E-state index in [1.165, 1.54) is 0 Å². The molecule has 0 radical (unpaired) electrons. The number of benzene rings is 2. The second kappa shape index (κ2) is 7.03. The zero-order valence-electron chi connectivity index (χ0n) is 13.9. The zero-order chi connectivity index (χ0) is 17.8. The lowest BCUT2D eigenvalue weighted by molar-refractivity contribution is 0.102. The first kappa shape index (κ1) is 15.8. The number of hydrogen-bond acceptors (Lipinski definition) is 3. The standard InChI is InChI=1S/C21H16N4O/c26-21(19-14-22-15-25(19)18-9-5-2-6-10-18)24-20-12-11-17(13-23-20)16-7-3-1-4-8-16/h1-15H,(H,23,24,26). The first-order chi connectivity index (χ1) is 12.8. The van der Waals surface area contributed by atoms with Crippen LogP contribution in [0.1, 0.15) is 10.5 Å². The second-order valence-corrected chi connectivity index (χ2v) is 5.74. The van der Waals surface area contributed by atoms with Crippen molar-refractivity contribution in [3.63, 3.8) is 0 Å². The minimum absolute atomic E-state index is 0.258. The highest BCUT2D eigenvalue weighted by molar-refractivity contribution is 6.02. The first-order valence-corrected chi connectivity index (χ1v) is 8.22. The zero-order valence-corrected chi connectivity index (χ0v) is 13.9. The SMILES string of the molecule is O=C(Nc1ccc(-c2ccccc2)cn1)c1cncn1-c1ccccc1. The molecule has 0 bridgehead atoms. The number of carbonyl (C=O) groups excluding carboxylic acids is 1. The summed E-state index contributed by atoms with van der Waals surface area (Å²) in [4.78, 5) is 21.1. The summed E-state index contributed by atoms with van der Waals surface area (Å²) in [5, 5.41) is 2.82. The predicted octanol–water partition coefficient (Wildman–Crippen LogP) is 4.19. The fraction of sp³-hybridized carbons (Fsp3) is 0. The van der Waals surface area contributed by atoms with Crippen molar-refractivity contribution in [2.75, 3.05) is 5.32 Å². The van der Waals surface area contributed by atoms with Crippen molar-refractivity contribution < 1.29 is 4.79 Å². The number of nitrogens with one attached hydrogen (secondary N) is 1. The molecule has 2 aromatic carbocycles. The number of imidazole rings is 1. The molecule has 4 aromatic rings. The third-order valence-electron chi connectivity index (χ3n) is 4.02. The minimum atomic E-state index is -0.258. The molecule has 1 N–H and O–H groups in total. The highest BCUT2D eigenvalue weighted by Gasteiger charge is 2.13. The Morgan fingerprint density at radius 1 is 0.808 bits per heavy atom. The molecule has 2 aromatic heterocycles. The number of nitrogens with zero attached hydrogens (tertiary/aromatic N) is 3. The van der Waals surface area contributed by atoms with Crippen molar-refractivity contribution in [2.24, 2.45) is 0 Å². The van der Waals surface area contributed by atoms with Crippen LogP contribution in [0.25, 0.3) is 16.8 Å². The Kier molecular flexibility index (Phi) is 4.26. The van der Waals surface area contributed by atoms with E-state index in [0.717, 1.165) is 16.8 Å². The highest BCUT2D eigenvalue weighted by Crippen LogP contribution is 2.19. The van der Waals surface area contributed by atoms with Gasteiger partial charge in [0.2, 0.25) is 0 Å². The Balaban J connectivity index is 1.54. The summed E-state index contributed by atoms with van der Waals surface area (Å²) in [6.45, 7) is 0. The van der Waals surface area contributed by atoms with E-state index < -0.39 is 0 Å². The molecule has 0 saturated heterocycles. The molecule has 26 heavy (non-hydrogen) atoms. The van der Waals surface area contributed by atoms with Crippen LogP contribution in [-0.4, -0.2) is 20.4 Å². The molecule has 2 heterocycles. The summed E-state index contributed by atoms with van der Waals surface area (Å²) in [5.41, 5.74) is 3.41. The molecular formula is C21H16N4O. The lowest BCUT2D eigenvalue weighted by atomic mass is 10.1. The van der Waals surface area contributed by atoms with Crippen molar-refractivity contribution in [1.82, 2.24) is 14.5 Å². The van der Waals surface area contributed by atoms with Crippen LogP contribution in [0.3, 0.4) is 0 Å². The van der Waals surface area contributed by atoms with Gasteiger partial charge in [-0.05, 0) is 29.8 Å². The maximum absolute atomic E-state index is 12.6. The Morgan fingerprint density at radius 2 is 1.54 bits per heavy atom. The number of hydrogen-bond donors (Lipinski definition) is 1. The molecule has 0 unspecified atom stereocenters. The van der Waals surface area contributed by atoms with E-state index >= 15 is 0 Å². The molecule has 5 heteroatoms. The number of pyridine rings is 1. The molecule has 0 fully saturated rings. The largest absolute Gasteiger partial charge is 0.305 e. The van der Waals surface area contributed by atoms with E-state index in [9.17, 15) is 4.79 Å². The lowest BCUT2D eigenvalue weighted by Gasteiger charge is -2.09. The van der Waals surface area contributed by atoms with Crippen molar-refractivity contribution in [1.29, 1.82) is 0 Å². The van der Waals surface area contributed by atoms with Crippen LogP contribution < -0.4 is 5.32 Å². The van der Waals surface area contributed by atoms with Crippen LogP contribution in [0.15, 0.2) is 91.5 Å². The van der Waals surface area contributed by atoms with Gasteiger partial charge in [0, 0.05) is 17.4 Å². The Labute approximate surface area is 151 Å². The van der Waals surface area contributed by atoms with Crippen LogP contribution in [0, 0.1) is 0 Å². The maximum Gasteiger partial charge on any atom is 0.275 e. The van der Waals surface area contributed by atoms with Gasteiger partial charge in [-0.3, -0.25) is 9.36 Å². The highest BCUT2D eigenvalue weighted by atomic mass is 16.2. The van der Waals surface area contributed by atoms with Crippen LogP contribution in [0.2, 0.25) is 0 Å². The van der Waals surface area contributed by atoms with E-state index in [0.29, 0.717) is 11.5 Å². The predicted molar refractivity (Wildman–Crippen MR) is 101 cm³/mol. The van der Waals surface area contributed by atoms with Gasteiger partial charge in [0.25, 0.3) is 5.91 Å². The van der Waals surface area contributed by atoms with Gasteiger partial charge in [-0.2, -0.15) is 0 Å². The van der Waals surface area contributed by atoms with Crippen molar-refractivity contribution in [3.8, 4) is 16.8 Å². The molecule has 1 amide bonds. The van der Waals surface area contributed by atoms with Crippen LogP contribution in [0.4, 0.5) is 5.82 Å². The molecule has 0 saturated carbocycles. The van der Waals surface area contributed by atoms with E-state index in [4.69, 9.17) is 0 Å². The van der Waals surface area contributed by atoms with Crippen LogP contribution in [0.5, 0.6) is 0 Å². The lowest BCUT2D eigenvalue weighted by Crippen LogP contribution is -2.16. The summed E-state index contributed by atoms with van der Waals surface area (Å²) >= 11 is 0. The minimum Gasteiger partial charge on any atom is -0.305 e. The average Bonchev–Trinajstić information content (AvgIpc) is 3.20. The second-order valence-electron chi connectivity index (χ2n) is 5.74. The summed E-state index contributed by atoms with van der Waals surface area (Å²) in [6.07, 6.45) is 4.91. The molecule has 0 atom stereocenters. The maximum atomic E-state index is 12.6. The van der Waals surface area contributed by atoms with Gasteiger partial charge < -0.3 is 5.32 Å². The summed E-state index contributed by atoms with van der Waals surface area (Å²) < 4.78 is 1.74. The molecule has 0 aliphatic carbocycles. The average molecular weight is 340 g/mol. The molecule has 0 aliphatic rings. The fourth-order valence-corrected chi connectivity index (χ4v) is 2.71. The number of para-hydroxylation sites is 1. The van der Waals surface area contributed by atoms with E-state index in [1.807, 2.05) is 66.7 Å².